The Morgan fingerprint density at radius 2 is 1.97 bits per heavy atom. The predicted molar refractivity (Wildman–Crippen MR) is 140 cm³/mol. The van der Waals surface area contributed by atoms with Crippen LogP contribution in [0.2, 0.25) is 5.02 Å². The topological polar surface area (TPSA) is 107 Å². The average Bonchev–Trinajstić information content (AvgIpc) is 3.16. The first kappa shape index (κ1) is 24.8. The molecule has 3 aromatic rings. The van der Waals surface area contributed by atoms with Gasteiger partial charge in [-0.15, -0.1) is 0 Å². The highest BCUT2D eigenvalue weighted by Gasteiger charge is 2.21. The summed E-state index contributed by atoms with van der Waals surface area (Å²) in [6.45, 7) is 7.98. The molecule has 1 aliphatic rings. The number of carbonyl (C=O) groups excluding carboxylic acids is 1. The van der Waals surface area contributed by atoms with Crippen LogP contribution in [0.4, 0.5) is 22.5 Å². The molecule has 3 heterocycles. The van der Waals surface area contributed by atoms with Crippen molar-refractivity contribution in [3.8, 4) is 0 Å². The van der Waals surface area contributed by atoms with E-state index in [0.717, 1.165) is 37.6 Å². The number of aromatic nitrogens is 3. The number of amides is 1. The van der Waals surface area contributed by atoms with Crippen molar-refractivity contribution in [3.05, 3.63) is 50.2 Å². The summed E-state index contributed by atoms with van der Waals surface area (Å²) in [7, 11) is 0. The van der Waals surface area contributed by atoms with E-state index in [1.807, 2.05) is 32.0 Å². The van der Waals surface area contributed by atoms with Gasteiger partial charge in [0.05, 0.1) is 17.3 Å². The van der Waals surface area contributed by atoms with E-state index in [4.69, 9.17) is 16.7 Å². The molecule has 12 heteroatoms. The highest BCUT2D eigenvalue weighted by molar-refractivity contribution is 9.10. The van der Waals surface area contributed by atoms with Crippen molar-refractivity contribution in [3.63, 3.8) is 0 Å². The number of hydrogen-bond acceptors (Lipinski definition) is 9. The minimum atomic E-state index is -0.297. The number of carbonyl (C=O) groups is 1. The molecule has 4 rings (SSSR count). The second-order valence-electron chi connectivity index (χ2n) is 7.86. The van der Waals surface area contributed by atoms with E-state index < -0.39 is 0 Å². The van der Waals surface area contributed by atoms with Gasteiger partial charge < -0.3 is 20.6 Å². The molecule has 0 aliphatic carbocycles. The van der Waals surface area contributed by atoms with Gasteiger partial charge in [0, 0.05) is 38.8 Å². The average molecular weight is 567 g/mol. The smallest absolute Gasteiger partial charge is 0.268 e. The van der Waals surface area contributed by atoms with Gasteiger partial charge in [-0.2, -0.15) is 0 Å². The monoisotopic (exact) mass is 565 g/mol. The molecule has 0 bridgehead atoms. The maximum Gasteiger partial charge on any atom is 0.268 e. The van der Waals surface area contributed by atoms with E-state index in [1.165, 1.54) is 11.3 Å². The Hall–Kier alpha value is -2.31. The Morgan fingerprint density at radius 3 is 2.68 bits per heavy atom. The van der Waals surface area contributed by atoms with Crippen molar-refractivity contribution in [2.45, 2.75) is 13.8 Å². The van der Waals surface area contributed by atoms with Gasteiger partial charge in [-0.1, -0.05) is 35.1 Å². The molecule has 34 heavy (non-hydrogen) atoms. The number of nitrogens with one attached hydrogen (secondary N) is 2. The van der Waals surface area contributed by atoms with Crippen LogP contribution >= 0.6 is 38.9 Å². The molecule has 0 radical (unpaired) electrons. The predicted octanol–water partition coefficient (Wildman–Crippen LogP) is 4.08. The Bertz CT molecular complexity index is 1160. The number of benzene rings is 1. The summed E-state index contributed by atoms with van der Waals surface area (Å²) in [5.41, 5.74) is 1.46. The zero-order chi connectivity index (χ0) is 24.2. The second kappa shape index (κ2) is 11.0. The summed E-state index contributed by atoms with van der Waals surface area (Å²) in [4.78, 5) is 31.3. The van der Waals surface area contributed by atoms with E-state index in [1.54, 1.807) is 6.07 Å². The third-order valence-corrected chi connectivity index (χ3v) is 7.55. The van der Waals surface area contributed by atoms with Crippen molar-refractivity contribution >= 4 is 67.2 Å². The Balaban J connectivity index is 1.47. The van der Waals surface area contributed by atoms with Crippen LogP contribution in [0.3, 0.4) is 0 Å². The Labute approximate surface area is 215 Å². The number of β-amino-alcohol motifs (C(OH)–C–C–N with tert-alkyl or cyclic N) is 1. The number of aryl methyl sites for hydroxylation is 2. The number of piperazine rings is 1. The minimum absolute atomic E-state index is 0.169. The molecule has 1 saturated heterocycles. The largest absolute Gasteiger partial charge is 0.395 e. The van der Waals surface area contributed by atoms with Gasteiger partial charge in [0.25, 0.3) is 5.91 Å². The number of nitrogens with zero attached hydrogens (tertiary/aromatic N) is 5. The van der Waals surface area contributed by atoms with Crippen molar-refractivity contribution < 1.29 is 9.90 Å². The molecule has 180 valence electrons. The first-order valence-electron chi connectivity index (χ1n) is 10.8. The zero-order valence-corrected chi connectivity index (χ0v) is 22.0. The van der Waals surface area contributed by atoms with Crippen LogP contribution in [0.1, 0.15) is 21.1 Å². The number of thiazole rings is 1. The van der Waals surface area contributed by atoms with Gasteiger partial charge in [-0.3, -0.25) is 9.69 Å². The summed E-state index contributed by atoms with van der Waals surface area (Å²) in [6, 6.07) is 7.35. The first-order valence-corrected chi connectivity index (χ1v) is 12.8. The lowest BCUT2D eigenvalue weighted by molar-refractivity contribution is 0.102. The Kier molecular flexibility index (Phi) is 7.99. The molecule has 0 atom stereocenters. The fourth-order valence-corrected chi connectivity index (χ4v) is 5.43. The van der Waals surface area contributed by atoms with Crippen molar-refractivity contribution in [2.24, 2.45) is 0 Å². The van der Waals surface area contributed by atoms with Crippen LogP contribution < -0.4 is 15.5 Å². The van der Waals surface area contributed by atoms with Crippen LogP contribution in [-0.2, 0) is 0 Å². The van der Waals surface area contributed by atoms with E-state index in [9.17, 15) is 4.79 Å². The Morgan fingerprint density at radius 1 is 1.21 bits per heavy atom. The maximum atomic E-state index is 12.9. The normalized spacial score (nSPS) is 14.3. The van der Waals surface area contributed by atoms with Crippen LogP contribution in [-0.4, -0.2) is 70.2 Å². The summed E-state index contributed by atoms with van der Waals surface area (Å²) < 4.78 is 0.438. The number of aliphatic hydroxyl groups excluding tert-OH is 1. The number of rotatable bonds is 7. The molecule has 1 amide bonds. The molecule has 1 aromatic carbocycles. The fourth-order valence-electron chi connectivity index (χ4n) is 3.69. The van der Waals surface area contributed by atoms with Gasteiger partial charge in [-0.05, 0) is 41.4 Å². The summed E-state index contributed by atoms with van der Waals surface area (Å²) in [6.07, 6.45) is 0. The molecule has 3 N–H and O–H groups in total. The van der Waals surface area contributed by atoms with E-state index in [0.29, 0.717) is 43.5 Å². The second-order valence-corrected chi connectivity index (χ2v) is 10.0. The fraction of sp³-hybridized carbons (Fsp3) is 0.364. The summed E-state index contributed by atoms with van der Waals surface area (Å²) in [5, 5.41) is 16.2. The molecule has 1 fully saturated rings. The molecule has 0 spiro atoms. The lowest BCUT2D eigenvalue weighted by Crippen LogP contribution is -2.47. The minimum Gasteiger partial charge on any atom is -0.395 e. The van der Waals surface area contributed by atoms with Crippen LogP contribution in [0.5, 0.6) is 0 Å². The van der Waals surface area contributed by atoms with Gasteiger partial charge in [0.1, 0.15) is 26.9 Å². The lowest BCUT2D eigenvalue weighted by Gasteiger charge is -2.35. The van der Waals surface area contributed by atoms with Gasteiger partial charge in [-0.25, -0.2) is 15.0 Å². The molecule has 0 saturated carbocycles. The lowest BCUT2D eigenvalue weighted by atomic mass is 10.2. The molecular formula is C22H25BrClN7O2S. The molecule has 1 aliphatic heterocycles. The van der Waals surface area contributed by atoms with Crippen LogP contribution in [0.25, 0.3) is 0 Å². The number of hydrogen-bond donors (Lipinski definition) is 3. The molecular weight excluding hydrogens is 542 g/mol. The third-order valence-electron chi connectivity index (χ3n) is 5.42. The van der Waals surface area contributed by atoms with E-state index in [2.05, 4.69) is 51.3 Å². The highest BCUT2D eigenvalue weighted by atomic mass is 79.9. The highest BCUT2D eigenvalue weighted by Crippen LogP contribution is 2.32. The zero-order valence-electron chi connectivity index (χ0n) is 18.8. The van der Waals surface area contributed by atoms with E-state index in [-0.39, 0.29) is 12.5 Å². The standard InChI is InChI=1S/C22H25BrClN7O2S/c1-13-4-3-5-15(24)18(13)28-21(33)19-20(23)29-22(34-19)27-16-12-17(26-14(2)25-16)31-8-6-30(7-9-31)10-11-32/h3-5,12,32H,6-11H2,1-2H3,(H,28,33)(H,25,26,27,29). The van der Waals surface area contributed by atoms with Crippen LogP contribution in [0.15, 0.2) is 28.9 Å². The first-order chi connectivity index (χ1) is 16.3. The molecule has 0 unspecified atom stereocenters. The number of aliphatic hydroxyl groups is 1. The maximum absolute atomic E-state index is 12.9. The van der Waals surface area contributed by atoms with Gasteiger partial charge in [0.15, 0.2) is 5.13 Å². The van der Waals surface area contributed by atoms with E-state index >= 15 is 0 Å². The molecule has 2 aromatic heterocycles. The quantitative estimate of drug-likeness (QED) is 0.393. The molecule has 9 nitrogen and oxygen atoms in total. The number of halogens is 2. The SMILES string of the molecule is Cc1nc(Nc2nc(Br)c(C(=O)Nc3c(C)cccc3Cl)s2)cc(N2CCN(CCO)CC2)n1. The third kappa shape index (κ3) is 5.84. The number of para-hydroxylation sites is 1. The van der Waals surface area contributed by atoms with Gasteiger partial charge in [0.2, 0.25) is 0 Å². The van der Waals surface area contributed by atoms with Crippen molar-refractivity contribution in [2.75, 3.05) is 54.9 Å². The van der Waals surface area contributed by atoms with Crippen molar-refractivity contribution in [1.29, 1.82) is 0 Å². The van der Waals surface area contributed by atoms with Gasteiger partial charge >= 0.3 is 0 Å². The van der Waals surface area contributed by atoms with Crippen molar-refractivity contribution in [1.82, 2.24) is 19.9 Å². The number of anilines is 4. The van der Waals surface area contributed by atoms with Crippen LogP contribution in [0, 0.1) is 13.8 Å². The summed E-state index contributed by atoms with van der Waals surface area (Å²) in [5.74, 6) is 1.78. The summed E-state index contributed by atoms with van der Waals surface area (Å²) >= 11 is 10.9.